The first-order valence-electron chi connectivity index (χ1n) is 6.20. The molecule has 0 saturated carbocycles. The summed E-state index contributed by atoms with van der Waals surface area (Å²) in [7, 11) is -1.25. The van der Waals surface area contributed by atoms with E-state index < -0.39 is 9.84 Å². The Morgan fingerprint density at radius 3 is 2.50 bits per heavy atom. The first-order chi connectivity index (χ1) is 8.43. The predicted molar refractivity (Wildman–Crippen MR) is 69.8 cm³/mol. The monoisotopic (exact) mass is 280 g/mol. The standard InChI is InChI=1S/C11H24N2O4S/c1-16-11(5-7-17-8-6-11)10(13-12)4-3-9-18(2,14)15/h10,13H,3-9,12H2,1-2H3. The number of nitrogens with two attached hydrogens (primary N) is 1. The predicted octanol–water partition coefficient (Wildman–Crippen LogP) is -0.161. The Morgan fingerprint density at radius 1 is 1.44 bits per heavy atom. The van der Waals surface area contributed by atoms with Crippen LogP contribution in [0.3, 0.4) is 0 Å². The number of sulfone groups is 1. The minimum Gasteiger partial charge on any atom is -0.381 e. The van der Waals surface area contributed by atoms with Gasteiger partial charge in [0.1, 0.15) is 9.84 Å². The molecule has 0 spiro atoms. The molecule has 7 heteroatoms. The van der Waals surface area contributed by atoms with Gasteiger partial charge in [0.25, 0.3) is 0 Å². The van der Waals surface area contributed by atoms with Crippen molar-refractivity contribution in [1.82, 2.24) is 5.43 Å². The number of ether oxygens (including phenoxy) is 2. The topological polar surface area (TPSA) is 90.7 Å². The second-order valence-electron chi connectivity index (χ2n) is 4.87. The Balaban J connectivity index is 2.57. The van der Waals surface area contributed by atoms with Crippen molar-refractivity contribution < 1.29 is 17.9 Å². The lowest BCUT2D eigenvalue weighted by Gasteiger charge is -2.42. The van der Waals surface area contributed by atoms with E-state index in [1.807, 2.05) is 0 Å². The maximum atomic E-state index is 11.1. The van der Waals surface area contributed by atoms with E-state index >= 15 is 0 Å². The average molecular weight is 280 g/mol. The smallest absolute Gasteiger partial charge is 0.147 e. The fraction of sp³-hybridized carbons (Fsp3) is 1.00. The summed E-state index contributed by atoms with van der Waals surface area (Å²) in [5.41, 5.74) is 2.43. The van der Waals surface area contributed by atoms with Crippen LogP contribution in [-0.4, -0.2) is 52.4 Å². The molecule has 108 valence electrons. The molecule has 1 saturated heterocycles. The maximum absolute atomic E-state index is 11.1. The lowest BCUT2D eigenvalue weighted by molar-refractivity contribution is -0.111. The van der Waals surface area contributed by atoms with Crippen molar-refractivity contribution in [3.63, 3.8) is 0 Å². The van der Waals surface area contributed by atoms with Gasteiger partial charge in [-0.1, -0.05) is 0 Å². The summed E-state index contributed by atoms with van der Waals surface area (Å²) in [6.45, 7) is 1.30. The zero-order valence-electron chi connectivity index (χ0n) is 11.1. The first-order valence-corrected chi connectivity index (χ1v) is 8.26. The van der Waals surface area contributed by atoms with Crippen molar-refractivity contribution in [2.75, 3.05) is 32.3 Å². The SMILES string of the molecule is COC1(C(CCCS(C)(=O)=O)NN)CCOCC1. The number of hydrazine groups is 1. The van der Waals surface area contributed by atoms with Crippen LogP contribution < -0.4 is 11.3 Å². The summed E-state index contributed by atoms with van der Waals surface area (Å²) in [5, 5.41) is 0. The van der Waals surface area contributed by atoms with E-state index in [2.05, 4.69) is 5.43 Å². The van der Waals surface area contributed by atoms with Crippen molar-refractivity contribution in [1.29, 1.82) is 0 Å². The second-order valence-corrected chi connectivity index (χ2v) is 7.13. The first kappa shape index (κ1) is 15.8. The van der Waals surface area contributed by atoms with Crippen molar-refractivity contribution in [2.24, 2.45) is 5.84 Å². The van der Waals surface area contributed by atoms with E-state index in [9.17, 15) is 8.42 Å². The third-order valence-electron chi connectivity index (χ3n) is 3.59. The quantitative estimate of drug-likeness (QED) is 0.497. The summed E-state index contributed by atoms with van der Waals surface area (Å²) >= 11 is 0. The summed E-state index contributed by atoms with van der Waals surface area (Å²) < 4.78 is 33.2. The van der Waals surface area contributed by atoms with Gasteiger partial charge in [0.05, 0.1) is 11.6 Å². The zero-order valence-corrected chi connectivity index (χ0v) is 12.0. The maximum Gasteiger partial charge on any atom is 0.147 e. The molecule has 1 heterocycles. The third-order valence-corrected chi connectivity index (χ3v) is 4.62. The Hall–Kier alpha value is -0.210. The van der Waals surface area contributed by atoms with Crippen LogP contribution in [0.15, 0.2) is 0 Å². The molecule has 1 aliphatic rings. The molecule has 0 aromatic rings. The van der Waals surface area contributed by atoms with E-state index in [4.69, 9.17) is 15.3 Å². The molecule has 0 amide bonds. The van der Waals surface area contributed by atoms with Crippen molar-refractivity contribution in [3.05, 3.63) is 0 Å². The van der Waals surface area contributed by atoms with Crippen LogP contribution >= 0.6 is 0 Å². The fourth-order valence-corrected chi connectivity index (χ4v) is 3.15. The van der Waals surface area contributed by atoms with Gasteiger partial charge in [0, 0.05) is 45.2 Å². The summed E-state index contributed by atoms with van der Waals surface area (Å²) in [6, 6.07) is -0.0480. The molecule has 18 heavy (non-hydrogen) atoms. The fourth-order valence-electron chi connectivity index (χ4n) is 2.46. The van der Waals surface area contributed by atoms with Crippen LogP contribution in [0.5, 0.6) is 0 Å². The Morgan fingerprint density at radius 2 is 2.06 bits per heavy atom. The lowest BCUT2D eigenvalue weighted by atomic mass is 9.84. The van der Waals surface area contributed by atoms with Crippen LogP contribution in [0.25, 0.3) is 0 Å². The molecule has 1 unspecified atom stereocenters. The molecule has 1 aliphatic heterocycles. The lowest BCUT2D eigenvalue weighted by Crippen LogP contribution is -2.57. The highest BCUT2D eigenvalue weighted by molar-refractivity contribution is 7.90. The highest BCUT2D eigenvalue weighted by Crippen LogP contribution is 2.30. The number of nitrogens with one attached hydrogen (secondary N) is 1. The van der Waals surface area contributed by atoms with Gasteiger partial charge in [-0.2, -0.15) is 0 Å². The van der Waals surface area contributed by atoms with Gasteiger partial charge < -0.3 is 9.47 Å². The Bertz CT molecular complexity index is 339. The number of methoxy groups -OCH3 is 1. The van der Waals surface area contributed by atoms with Gasteiger partial charge in [-0.3, -0.25) is 11.3 Å². The van der Waals surface area contributed by atoms with Crippen molar-refractivity contribution in [2.45, 2.75) is 37.3 Å². The molecule has 6 nitrogen and oxygen atoms in total. The van der Waals surface area contributed by atoms with Crippen LogP contribution in [-0.2, 0) is 19.3 Å². The number of rotatable bonds is 7. The van der Waals surface area contributed by atoms with Crippen molar-refractivity contribution in [3.8, 4) is 0 Å². The van der Waals surface area contributed by atoms with Gasteiger partial charge in [0.2, 0.25) is 0 Å². The van der Waals surface area contributed by atoms with Gasteiger partial charge in [-0.25, -0.2) is 8.42 Å². The Labute approximate surface area is 109 Å². The normalized spacial score (nSPS) is 21.7. The molecular formula is C11H24N2O4S. The van der Waals surface area contributed by atoms with Crippen LogP contribution in [0, 0.1) is 0 Å². The zero-order chi connectivity index (χ0) is 13.6. The molecule has 1 rings (SSSR count). The minimum absolute atomic E-state index is 0.0480. The van der Waals surface area contributed by atoms with Gasteiger partial charge in [0.15, 0.2) is 0 Å². The average Bonchev–Trinajstić information content (AvgIpc) is 2.34. The molecule has 0 aromatic carbocycles. The summed E-state index contributed by atoms with van der Waals surface area (Å²) in [6.07, 6.45) is 4.06. The molecule has 3 N–H and O–H groups in total. The number of hydrogen-bond donors (Lipinski definition) is 2. The van der Waals surface area contributed by atoms with Gasteiger partial charge in [-0.15, -0.1) is 0 Å². The molecule has 0 aliphatic carbocycles. The molecule has 1 atom stereocenters. The van der Waals surface area contributed by atoms with Crippen molar-refractivity contribution >= 4 is 9.84 Å². The second kappa shape index (κ2) is 6.81. The molecular weight excluding hydrogens is 256 g/mol. The van der Waals surface area contributed by atoms with Crippen LogP contribution in [0.1, 0.15) is 25.7 Å². The third kappa shape index (κ3) is 4.47. The van der Waals surface area contributed by atoms with Crippen LogP contribution in [0.2, 0.25) is 0 Å². The van der Waals surface area contributed by atoms with E-state index in [0.29, 0.717) is 26.1 Å². The van der Waals surface area contributed by atoms with E-state index in [1.165, 1.54) is 6.26 Å². The Kier molecular flexibility index (Phi) is 6.00. The molecule has 0 aromatic heterocycles. The molecule has 1 fully saturated rings. The van der Waals surface area contributed by atoms with E-state index in [-0.39, 0.29) is 17.4 Å². The highest BCUT2D eigenvalue weighted by atomic mass is 32.2. The van der Waals surface area contributed by atoms with Crippen LogP contribution in [0.4, 0.5) is 0 Å². The van der Waals surface area contributed by atoms with Gasteiger partial charge in [-0.05, 0) is 12.8 Å². The largest absolute Gasteiger partial charge is 0.381 e. The molecule has 0 radical (unpaired) electrons. The van der Waals surface area contributed by atoms with E-state index in [1.54, 1.807) is 7.11 Å². The van der Waals surface area contributed by atoms with Gasteiger partial charge >= 0.3 is 0 Å². The minimum atomic E-state index is -2.92. The van der Waals surface area contributed by atoms with E-state index in [0.717, 1.165) is 12.8 Å². The summed E-state index contributed by atoms with van der Waals surface area (Å²) in [5.74, 6) is 5.78. The number of hydrogen-bond acceptors (Lipinski definition) is 6. The summed E-state index contributed by atoms with van der Waals surface area (Å²) in [4.78, 5) is 0. The highest BCUT2D eigenvalue weighted by Gasteiger charge is 2.39. The molecule has 0 bridgehead atoms.